The molecule has 0 spiro atoms. The zero-order valence-corrected chi connectivity index (χ0v) is 9.31. The molecule has 78 valence electrons. The summed E-state index contributed by atoms with van der Waals surface area (Å²) < 4.78 is 0. The van der Waals surface area contributed by atoms with Crippen LogP contribution in [-0.4, -0.2) is 12.6 Å². The minimum absolute atomic E-state index is 0.845. The van der Waals surface area contributed by atoms with Gasteiger partial charge in [-0.15, -0.1) is 0 Å². The van der Waals surface area contributed by atoms with Crippen LogP contribution in [0.3, 0.4) is 0 Å². The van der Waals surface area contributed by atoms with Crippen LogP contribution in [0.5, 0.6) is 0 Å². The molecule has 0 aromatic heterocycles. The van der Waals surface area contributed by atoms with E-state index < -0.39 is 0 Å². The number of hydrogen-bond acceptors (Lipinski definition) is 1. The monoisotopic (exact) mass is 183 g/mol. The first-order chi connectivity index (χ1) is 6.33. The van der Waals surface area contributed by atoms with Crippen molar-refractivity contribution < 1.29 is 0 Å². The van der Waals surface area contributed by atoms with Gasteiger partial charge < -0.3 is 5.32 Å². The Labute approximate surface area is 83.3 Å². The zero-order chi connectivity index (χ0) is 9.52. The van der Waals surface area contributed by atoms with E-state index in [1.807, 2.05) is 0 Å². The molecule has 1 fully saturated rings. The van der Waals surface area contributed by atoms with E-state index in [0.717, 1.165) is 12.0 Å². The van der Waals surface area contributed by atoms with Gasteiger partial charge in [0.1, 0.15) is 0 Å². The van der Waals surface area contributed by atoms with Crippen molar-refractivity contribution in [1.82, 2.24) is 5.32 Å². The van der Waals surface area contributed by atoms with Crippen LogP contribution in [0.15, 0.2) is 0 Å². The molecule has 1 aliphatic rings. The summed E-state index contributed by atoms with van der Waals surface area (Å²) in [5, 5.41) is 3.69. The second-order valence-corrected chi connectivity index (χ2v) is 4.59. The molecular formula is C12H25N. The highest BCUT2D eigenvalue weighted by Crippen LogP contribution is 2.17. The van der Waals surface area contributed by atoms with Crippen LogP contribution in [0, 0.1) is 5.92 Å². The van der Waals surface area contributed by atoms with E-state index >= 15 is 0 Å². The maximum atomic E-state index is 3.69. The topological polar surface area (TPSA) is 12.0 Å². The summed E-state index contributed by atoms with van der Waals surface area (Å²) in [5.41, 5.74) is 0. The molecule has 1 aliphatic carbocycles. The normalized spacial score (nSPS) is 21.7. The quantitative estimate of drug-likeness (QED) is 0.689. The first-order valence-corrected chi connectivity index (χ1v) is 6.06. The summed E-state index contributed by atoms with van der Waals surface area (Å²) in [5.74, 6) is 0.899. The molecule has 0 aliphatic heterocycles. The van der Waals surface area contributed by atoms with Crippen LogP contribution < -0.4 is 5.32 Å². The van der Waals surface area contributed by atoms with Crippen LogP contribution in [0.25, 0.3) is 0 Å². The first-order valence-electron chi connectivity index (χ1n) is 6.06. The molecule has 0 bridgehead atoms. The summed E-state index contributed by atoms with van der Waals surface area (Å²) in [4.78, 5) is 0. The lowest BCUT2D eigenvalue weighted by Crippen LogP contribution is -2.32. The molecule has 1 nitrogen and oxygen atoms in total. The molecule has 0 saturated heterocycles. The van der Waals surface area contributed by atoms with Gasteiger partial charge in [0, 0.05) is 6.04 Å². The molecule has 1 unspecified atom stereocenters. The van der Waals surface area contributed by atoms with Gasteiger partial charge in [-0.3, -0.25) is 0 Å². The molecule has 0 heterocycles. The second kappa shape index (κ2) is 6.42. The lowest BCUT2D eigenvalue weighted by Gasteiger charge is -2.23. The van der Waals surface area contributed by atoms with Crippen LogP contribution in [0.2, 0.25) is 0 Å². The van der Waals surface area contributed by atoms with E-state index in [1.54, 1.807) is 0 Å². The Morgan fingerprint density at radius 1 is 1.23 bits per heavy atom. The van der Waals surface area contributed by atoms with Gasteiger partial charge in [0.05, 0.1) is 0 Å². The molecule has 1 saturated carbocycles. The summed E-state index contributed by atoms with van der Waals surface area (Å²) in [6.07, 6.45) is 9.87. The van der Waals surface area contributed by atoms with Crippen LogP contribution in [0.4, 0.5) is 0 Å². The minimum Gasteiger partial charge on any atom is -0.314 e. The van der Waals surface area contributed by atoms with E-state index in [4.69, 9.17) is 0 Å². The number of rotatable bonds is 5. The number of hydrogen-bond donors (Lipinski definition) is 1. The van der Waals surface area contributed by atoms with Crippen molar-refractivity contribution >= 4 is 0 Å². The fourth-order valence-electron chi connectivity index (χ4n) is 2.04. The van der Waals surface area contributed by atoms with Crippen molar-refractivity contribution in [2.45, 2.75) is 64.8 Å². The minimum atomic E-state index is 0.845. The standard InChI is InChI=1S/C12H25N/c1-3-11(2)9-10-13-12-7-5-4-6-8-12/h11-13H,3-10H2,1-2H3. The van der Waals surface area contributed by atoms with E-state index in [1.165, 1.54) is 51.5 Å². The Hall–Kier alpha value is -0.0400. The van der Waals surface area contributed by atoms with Crippen molar-refractivity contribution in [3.8, 4) is 0 Å². The van der Waals surface area contributed by atoms with E-state index in [2.05, 4.69) is 19.2 Å². The molecule has 0 aromatic carbocycles. The molecule has 1 atom stereocenters. The largest absolute Gasteiger partial charge is 0.314 e. The van der Waals surface area contributed by atoms with Crippen LogP contribution in [-0.2, 0) is 0 Å². The third kappa shape index (κ3) is 4.66. The lowest BCUT2D eigenvalue weighted by atomic mass is 9.95. The Morgan fingerprint density at radius 3 is 2.54 bits per heavy atom. The van der Waals surface area contributed by atoms with Crippen LogP contribution in [0.1, 0.15) is 58.8 Å². The molecule has 1 heteroatoms. The van der Waals surface area contributed by atoms with Crippen molar-refractivity contribution in [2.24, 2.45) is 5.92 Å². The molecule has 0 radical (unpaired) electrons. The Kier molecular flexibility index (Phi) is 5.45. The smallest absolute Gasteiger partial charge is 0.00670 e. The average molecular weight is 183 g/mol. The van der Waals surface area contributed by atoms with Gasteiger partial charge in [-0.25, -0.2) is 0 Å². The molecule has 1 N–H and O–H groups in total. The predicted molar refractivity (Wildman–Crippen MR) is 58.9 cm³/mol. The second-order valence-electron chi connectivity index (χ2n) is 4.59. The van der Waals surface area contributed by atoms with Gasteiger partial charge in [0.15, 0.2) is 0 Å². The summed E-state index contributed by atoms with van der Waals surface area (Å²) in [7, 11) is 0. The van der Waals surface area contributed by atoms with Gasteiger partial charge >= 0.3 is 0 Å². The maximum Gasteiger partial charge on any atom is 0.00670 e. The Morgan fingerprint density at radius 2 is 1.92 bits per heavy atom. The molecule has 0 aromatic rings. The van der Waals surface area contributed by atoms with Gasteiger partial charge in [0.2, 0.25) is 0 Å². The highest BCUT2D eigenvalue weighted by atomic mass is 14.9. The van der Waals surface area contributed by atoms with Gasteiger partial charge in [-0.2, -0.15) is 0 Å². The first kappa shape index (κ1) is 11.0. The van der Waals surface area contributed by atoms with Gasteiger partial charge in [0.25, 0.3) is 0 Å². The van der Waals surface area contributed by atoms with Crippen molar-refractivity contribution in [3.63, 3.8) is 0 Å². The van der Waals surface area contributed by atoms with Gasteiger partial charge in [-0.1, -0.05) is 39.5 Å². The Bertz CT molecular complexity index is 116. The highest BCUT2D eigenvalue weighted by molar-refractivity contribution is 4.71. The highest BCUT2D eigenvalue weighted by Gasteiger charge is 2.12. The molecule has 13 heavy (non-hydrogen) atoms. The SMILES string of the molecule is CCC(C)CCNC1CCCCC1. The third-order valence-electron chi connectivity index (χ3n) is 3.37. The summed E-state index contributed by atoms with van der Waals surface area (Å²) in [6, 6.07) is 0.845. The fourth-order valence-corrected chi connectivity index (χ4v) is 2.04. The maximum absolute atomic E-state index is 3.69. The summed E-state index contributed by atoms with van der Waals surface area (Å²) in [6.45, 7) is 5.87. The molecule has 0 amide bonds. The molecule has 1 rings (SSSR count). The van der Waals surface area contributed by atoms with Crippen LogP contribution >= 0.6 is 0 Å². The van der Waals surface area contributed by atoms with Crippen molar-refractivity contribution in [3.05, 3.63) is 0 Å². The van der Waals surface area contributed by atoms with Crippen molar-refractivity contribution in [2.75, 3.05) is 6.54 Å². The average Bonchev–Trinajstić information content (AvgIpc) is 2.19. The zero-order valence-electron chi connectivity index (χ0n) is 9.31. The Balaban J connectivity index is 1.98. The lowest BCUT2D eigenvalue weighted by molar-refractivity contribution is 0.359. The van der Waals surface area contributed by atoms with E-state index in [9.17, 15) is 0 Å². The fraction of sp³-hybridized carbons (Fsp3) is 1.00. The van der Waals surface area contributed by atoms with Crippen molar-refractivity contribution in [1.29, 1.82) is 0 Å². The summed E-state index contributed by atoms with van der Waals surface area (Å²) >= 11 is 0. The van der Waals surface area contributed by atoms with E-state index in [-0.39, 0.29) is 0 Å². The third-order valence-corrected chi connectivity index (χ3v) is 3.37. The van der Waals surface area contributed by atoms with Gasteiger partial charge in [-0.05, 0) is 31.7 Å². The molecular weight excluding hydrogens is 158 g/mol. The number of nitrogens with one attached hydrogen (secondary N) is 1. The predicted octanol–water partition coefficient (Wildman–Crippen LogP) is 3.34. The van der Waals surface area contributed by atoms with E-state index in [0.29, 0.717) is 0 Å².